The molecule has 5 nitrogen and oxygen atoms in total. The quantitative estimate of drug-likeness (QED) is 0.711. The summed E-state index contributed by atoms with van der Waals surface area (Å²) in [7, 11) is 0. The van der Waals surface area contributed by atoms with Crippen LogP contribution in [0.5, 0.6) is 0 Å². The number of hydrogen-bond donors (Lipinski definition) is 1. The summed E-state index contributed by atoms with van der Waals surface area (Å²) in [6.45, 7) is 0.649. The molecule has 0 radical (unpaired) electrons. The summed E-state index contributed by atoms with van der Waals surface area (Å²) in [5.74, 6) is 0.626. The molecule has 100 valence electrons. The van der Waals surface area contributed by atoms with E-state index in [4.69, 9.17) is 0 Å². The number of nitrogens with zero attached hydrogens (tertiary/aromatic N) is 4. The van der Waals surface area contributed by atoms with Crippen LogP contribution in [0.3, 0.4) is 0 Å². The second-order valence-electron chi connectivity index (χ2n) is 4.16. The summed E-state index contributed by atoms with van der Waals surface area (Å²) < 4.78 is 2.87. The molecule has 0 aliphatic carbocycles. The maximum atomic E-state index is 4.27. The van der Waals surface area contributed by atoms with E-state index in [0.29, 0.717) is 12.5 Å². The van der Waals surface area contributed by atoms with E-state index in [2.05, 4.69) is 49.0 Å². The van der Waals surface area contributed by atoms with Crippen molar-refractivity contribution >= 4 is 28.5 Å². The number of benzene rings is 1. The van der Waals surface area contributed by atoms with Crippen LogP contribution in [0.1, 0.15) is 5.56 Å². The zero-order valence-electron chi connectivity index (χ0n) is 10.6. The summed E-state index contributed by atoms with van der Waals surface area (Å²) >= 11 is 2.18. The molecule has 0 fully saturated rings. The van der Waals surface area contributed by atoms with E-state index in [0.717, 1.165) is 14.8 Å². The number of anilines is 1. The minimum atomic E-state index is 0.626. The number of para-hydroxylation sites is 1. The zero-order valence-corrected chi connectivity index (χ0v) is 12.7. The van der Waals surface area contributed by atoms with Crippen molar-refractivity contribution in [2.45, 2.75) is 6.54 Å². The van der Waals surface area contributed by atoms with Crippen LogP contribution in [0.4, 0.5) is 5.95 Å². The van der Waals surface area contributed by atoms with Crippen molar-refractivity contribution < 1.29 is 0 Å². The molecular formula is C14H12IN5. The lowest BCUT2D eigenvalue weighted by Gasteiger charge is -2.10. The van der Waals surface area contributed by atoms with E-state index in [-0.39, 0.29) is 0 Å². The van der Waals surface area contributed by atoms with Gasteiger partial charge in [-0.25, -0.2) is 14.6 Å². The molecule has 0 bridgehead atoms. The van der Waals surface area contributed by atoms with E-state index in [1.165, 1.54) is 0 Å². The summed E-state index contributed by atoms with van der Waals surface area (Å²) in [6, 6.07) is 10.0. The van der Waals surface area contributed by atoms with Crippen molar-refractivity contribution in [3.63, 3.8) is 0 Å². The van der Waals surface area contributed by atoms with Crippen LogP contribution in [-0.2, 0) is 6.54 Å². The Morgan fingerprint density at radius 3 is 2.65 bits per heavy atom. The first-order chi connectivity index (χ1) is 9.83. The first kappa shape index (κ1) is 13.0. The predicted molar refractivity (Wildman–Crippen MR) is 85.6 cm³/mol. The van der Waals surface area contributed by atoms with Gasteiger partial charge in [-0.2, -0.15) is 5.10 Å². The molecule has 3 rings (SSSR count). The Morgan fingerprint density at radius 1 is 1.10 bits per heavy atom. The summed E-state index contributed by atoms with van der Waals surface area (Å²) in [5.41, 5.74) is 2.19. The Morgan fingerprint density at radius 2 is 1.90 bits per heavy atom. The average molecular weight is 377 g/mol. The first-order valence-electron chi connectivity index (χ1n) is 6.12. The molecule has 0 amide bonds. The van der Waals surface area contributed by atoms with Crippen molar-refractivity contribution in [2.75, 3.05) is 5.32 Å². The first-order valence-corrected chi connectivity index (χ1v) is 7.20. The average Bonchev–Trinajstić information content (AvgIpc) is 3.01. The van der Waals surface area contributed by atoms with E-state index in [9.17, 15) is 0 Å². The number of nitrogens with one attached hydrogen (secondary N) is 1. The normalized spacial score (nSPS) is 10.4. The molecule has 1 N–H and O–H groups in total. The fourth-order valence-corrected chi connectivity index (χ4v) is 2.15. The Balaban J connectivity index is 1.79. The molecule has 1 aromatic carbocycles. The molecule has 0 aliphatic heterocycles. The van der Waals surface area contributed by atoms with Gasteiger partial charge >= 0.3 is 0 Å². The number of rotatable bonds is 4. The topological polar surface area (TPSA) is 55.6 Å². The SMILES string of the molecule is Ic1cnc(NCc2ccccc2-n2cccn2)nc1. The second-order valence-corrected chi connectivity index (χ2v) is 5.40. The maximum Gasteiger partial charge on any atom is 0.222 e. The molecule has 0 spiro atoms. The van der Waals surface area contributed by atoms with Gasteiger partial charge in [0.25, 0.3) is 0 Å². The van der Waals surface area contributed by atoms with Crippen LogP contribution in [-0.4, -0.2) is 19.7 Å². The van der Waals surface area contributed by atoms with Crippen molar-refractivity contribution in [1.29, 1.82) is 0 Å². The Kier molecular flexibility index (Phi) is 3.91. The van der Waals surface area contributed by atoms with Crippen molar-refractivity contribution in [3.05, 3.63) is 64.3 Å². The summed E-state index contributed by atoms with van der Waals surface area (Å²) in [4.78, 5) is 8.47. The van der Waals surface area contributed by atoms with Gasteiger partial charge in [-0.15, -0.1) is 0 Å². The molecule has 20 heavy (non-hydrogen) atoms. The smallest absolute Gasteiger partial charge is 0.222 e. The fourth-order valence-electron chi connectivity index (χ4n) is 1.87. The summed E-state index contributed by atoms with van der Waals surface area (Å²) in [6.07, 6.45) is 7.28. The fraction of sp³-hybridized carbons (Fsp3) is 0.0714. The molecule has 0 saturated heterocycles. The van der Waals surface area contributed by atoms with Crippen molar-refractivity contribution in [3.8, 4) is 5.69 Å². The van der Waals surface area contributed by atoms with Crippen molar-refractivity contribution in [2.24, 2.45) is 0 Å². The Labute approximate surface area is 130 Å². The lowest BCUT2D eigenvalue weighted by atomic mass is 10.2. The molecule has 3 aromatic rings. The molecule has 2 aromatic heterocycles. The molecule has 0 unspecified atom stereocenters. The van der Waals surface area contributed by atoms with Gasteiger partial charge in [0, 0.05) is 34.9 Å². The molecular weight excluding hydrogens is 365 g/mol. The lowest BCUT2D eigenvalue weighted by molar-refractivity contribution is 0.862. The minimum absolute atomic E-state index is 0.626. The third-order valence-corrected chi connectivity index (χ3v) is 3.36. The summed E-state index contributed by atoms with van der Waals surface area (Å²) in [5, 5.41) is 7.49. The van der Waals surface area contributed by atoms with Crippen LogP contribution in [0.2, 0.25) is 0 Å². The van der Waals surface area contributed by atoms with E-state index in [1.807, 2.05) is 35.1 Å². The van der Waals surface area contributed by atoms with Gasteiger partial charge in [0.2, 0.25) is 5.95 Å². The molecule has 6 heteroatoms. The van der Waals surface area contributed by atoms with Crippen LogP contribution < -0.4 is 5.32 Å². The number of hydrogen-bond acceptors (Lipinski definition) is 4. The van der Waals surface area contributed by atoms with Crippen LogP contribution >= 0.6 is 22.6 Å². The van der Waals surface area contributed by atoms with Crippen molar-refractivity contribution in [1.82, 2.24) is 19.7 Å². The zero-order chi connectivity index (χ0) is 13.8. The molecule has 2 heterocycles. The van der Waals surface area contributed by atoms with Gasteiger partial charge in [0.15, 0.2) is 0 Å². The highest BCUT2D eigenvalue weighted by Crippen LogP contribution is 2.14. The van der Waals surface area contributed by atoms with Gasteiger partial charge in [-0.05, 0) is 40.3 Å². The lowest BCUT2D eigenvalue weighted by Crippen LogP contribution is -2.07. The highest BCUT2D eigenvalue weighted by molar-refractivity contribution is 14.1. The Bertz CT molecular complexity index is 679. The highest BCUT2D eigenvalue weighted by atomic mass is 127. The minimum Gasteiger partial charge on any atom is -0.350 e. The maximum absolute atomic E-state index is 4.27. The van der Waals surface area contributed by atoms with Gasteiger partial charge in [0.1, 0.15) is 0 Å². The monoisotopic (exact) mass is 377 g/mol. The number of halogens is 1. The highest BCUT2D eigenvalue weighted by Gasteiger charge is 2.04. The van der Waals surface area contributed by atoms with Gasteiger partial charge in [-0.1, -0.05) is 18.2 Å². The Hall–Kier alpha value is -1.96. The van der Waals surface area contributed by atoms with Crippen LogP contribution in [0, 0.1) is 3.57 Å². The molecule has 0 aliphatic rings. The van der Waals surface area contributed by atoms with Gasteiger partial charge < -0.3 is 5.32 Å². The van der Waals surface area contributed by atoms with Gasteiger partial charge in [-0.3, -0.25) is 0 Å². The van der Waals surface area contributed by atoms with E-state index < -0.39 is 0 Å². The third-order valence-electron chi connectivity index (χ3n) is 2.80. The standard InChI is InChI=1S/C14H12IN5/c15-12-9-17-14(18-10-12)16-8-11-4-1-2-5-13(11)20-7-3-6-19-20/h1-7,9-10H,8H2,(H,16,17,18). The molecule has 0 saturated carbocycles. The van der Waals surface area contributed by atoms with Crippen LogP contribution in [0.25, 0.3) is 5.69 Å². The third kappa shape index (κ3) is 2.96. The van der Waals surface area contributed by atoms with Gasteiger partial charge in [0.05, 0.1) is 5.69 Å². The van der Waals surface area contributed by atoms with E-state index in [1.54, 1.807) is 18.6 Å². The van der Waals surface area contributed by atoms with Crippen LogP contribution in [0.15, 0.2) is 55.1 Å². The predicted octanol–water partition coefficient (Wildman–Crippen LogP) is 2.88. The molecule has 0 atom stereocenters. The number of aromatic nitrogens is 4. The van der Waals surface area contributed by atoms with E-state index >= 15 is 0 Å². The second kappa shape index (κ2) is 6.00. The largest absolute Gasteiger partial charge is 0.350 e.